The highest BCUT2D eigenvalue weighted by Gasteiger charge is 1.94. The first-order valence-electron chi connectivity index (χ1n) is 3.96. The van der Waals surface area contributed by atoms with Crippen molar-refractivity contribution >= 4 is 12.0 Å². The summed E-state index contributed by atoms with van der Waals surface area (Å²) in [4.78, 5) is 15.4. The Morgan fingerprint density at radius 2 is 2.27 bits per heavy atom. The molecular weight excluding hydrogens is 142 g/mol. The van der Waals surface area contributed by atoms with Gasteiger partial charge in [-0.05, 0) is 13.3 Å². The Bertz CT molecular complexity index is 132. The quantitative estimate of drug-likeness (QED) is 0.435. The van der Waals surface area contributed by atoms with E-state index in [-0.39, 0.29) is 5.78 Å². The van der Waals surface area contributed by atoms with E-state index in [4.69, 9.17) is 4.84 Å². The maximum atomic E-state index is 10.7. The standard InChI is InChI=1S/C8H15NO2/c1-3-8(10)6-5-7-9-11-4-2/h7H,3-6H2,1-2H3/b9-7+. The maximum Gasteiger partial charge on any atom is 0.133 e. The fraction of sp³-hybridized carbons (Fsp3) is 0.750. The van der Waals surface area contributed by atoms with Crippen molar-refractivity contribution in [2.75, 3.05) is 6.61 Å². The van der Waals surface area contributed by atoms with Gasteiger partial charge in [0.25, 0.3) is 0 Å². The van der Waals surface area contributed by atoms with E-state index < -0.39 is 0 Å². The molecule has 0 atom stereocenters. The van der Waals surface area contributed by atoms with Crippen LogP contribution in [0.15, 0.2) is 5.16 Å². The first-order valence-corrected chi connectivity index (χ1v) is 3.96. The largest absolute Gasteiger partial charge is 0.396 e. The van der Waals surface area contributed by atoms with Gasteiger partial charge >= 0.3 is 0 Å². The van der Waals surface area contributed by atoms with Crippen LogP contribution in [0.4, 0.5) is 0 Å². The summed E-state index contributed by atoms with van der Waals surface area (Å²) < 4.78 is 0. The van der Waals surface area contributed by atoms with Crippen LogP contribution in [-0.2, 0) is 9.63 Å². The highest BCUT2D eigenvalue weighted by Crippen LogP contribution is 1.91. The van der Waals surface area contributed by atoms with Gasteiger partial charge in [0.1, 0.15) is 12.4 Å². The van der Waals surface area contributed by atoms with Crippen LogP contribution < -0.4 is 0 Å². The van der Waals surface area contributed by atoms with E-state index >= 15 is 0 Å². The normalized spacial score (nSPS) is 10.4. The zero-order valence-corrected chi connectivity index (χ0v) is 7.17. The van der Waals surface area contributed by atoms with Crippen molar-refractivity contribution in [2.45, 2.75) is 33.1 Å². The zero-order valence-electron chi connectivity index (χ0n) is 7.17. The van der Waals surface area contributed by atoms with Gasteiger partial charge in [0, 0.05) is 19.1 Å². The van der Waals surface area contributed by atoms with Gasteiger partial charge in [0.2, 0.25) is 0 Å². The van der Waals surface area contributed by atoms with E-state index in [2.05, 4.69) is 5.16 Å². The molecule has 0 fully saturated rings. The van der Waals surface area contributed by atoms with Crippen molar-refractivity contribution in [3.8, 4) is 0 Å². The molecule has 3 heteroatoms. The fourth-order valence-electron chi connectivity index (χ4n) is 0.582. The summed E-state index contributed by atoms with van der Waals surface area (Å²) in [6, 6.07) is 0. The van der Waals surface area contributed by atoms with Crippen LogP contribution in [0.25, 0.3) is 0 Å². The molecule has 0 heterocycles. The van der Waals surface area contributed by atoms with Gasteiger partial charge in [-0.1, -0.05) is 12.1 Å². The third-order valence-electron chi connectivity index (χ3n) is 1.22. The minimum atomic E-state index is 0.271. The third-order valence-corrected chi connectivity index (χ3v) is 1.22. The summed E-state index contributed by atoms with van der Waals surface area (Å²) in [5.74, 6) is 0.271. The zero-order chi connectivity index (χ0) is 8.53. The lowest BCUT2D eigenvalue weighted by atomic mass is 10.2. The lowest BCUT2D eigenvalue weighted by Gasteiger charge is -1.91. The molecule has 0 aromatic carbocycles. The number of carbonyl (C=O) groups is 1. The average Bonchev–Trinajstić information content (AvgIpc) is 2.04. The van der Waals surface area contributed by atoms with Gasteiger partial charge in [-0.15, -0.1) is 0 Å². The summed E-state index contributed by atoms with van der Waals surface area (Å²) in [6.07, 6.45) is 3.51. The van der Waals surface area contributed by atoms with Crippen LogP contribution in [0.3, 0.4) is 0 Å². The second-order valence-electron chi connectivity index (χ2n) is 2.14. The number of hydrogen-bond donors (Lipinski definition) is 0. The summed E-state index contributed by atoms with van der Waals surface area (Å²) in [7, 11) is 0. The highest BCUT2D eigenvalue weighted by atomic mass is 16.6. The Kier molecular flexibility index (Phi) is 6.68. The summed E-state index contributed by atoms with van der Waals surface area (Å²) in [6.45, 7) is 4.31. The predicted octanol–water partition coefficient (Wildman–Crippen LogP) is 1.77. The molecule has 0 N–H and O–H groups in total. The molecule has 0 aliphatic heterocycles. The number of ketones is 1. The van der Waals surface area contributed by atoms with Crippen LogP contribution >= 0.6 is 0 Å². The molecule has 0 saturated carbocycles. The first kappa shape index (κ1) is 10.1. The number of Topliss-reactive ketones (excluding diaryl/α,β-unsaturated/α-hetero) is 1. The SMILES string of the molecule is CCO/N=C/CCC(=O)CC. The van der Waals surface area contributed by atoms with Crippen LogP contribution in [0.5, 0.6) is 0 Å². The number of oxime groups is 1. The molecule has 0 saturated heterocycles. The average molecular weight is 157 g/mol. The Hall–Kier alpha value is -0.860. The monoisotopic (exact) mass is 157 g/mol. The Morgan fingerprint density at radius 3 is 2.82 bits per heavy atom. The van der Waals surface area contributed by atoms with Crippen LogP contribution in [0.1, 0.15) is 33.1 Å². The first-order chi connectivity index (χ1) is 5.31. The number of hydrogen-bond acceptors (Lipinski definition) is 3. The van der Waals surface area contributed by atoms with E-state index in [0.717, 1.165) is 0 Å². The van der Waals surface area contributed by atoms with Crippen LogP contribution in [0.2, 0.25) is 0 Å². The van der Waals surface area contributed by atoms with E-state index in [9.17, 15) is 4.79 Å². The van der Waals surface area contributed by atoms with Crippen molar-refractivity contribution in [3.63, 3.8) is 0 Å². The van der Waals surface area contributed by atoms with Crippen molar-refractivity contribution in [2.24, 2.45) is 5.16 Å². The minimum absolute atomic E-state index is 0.271. The van der Waals surface area contributed by atoms with Gasteiger partial charge in [-0.2, -0.15) is 0 Å². The van der Waals surface area contributed by atoms with Gasteiger partial charge < -0.3 is 4.84 Å². The molecule has 0 radical (unpaired) electrons. The van der Waals surface area contributed by atoms with E-state index in [1.54, 1.807) is 6.21 Å². The molecule has 3 nitrogen and oxygen atoms in total. The molecule has 64 valence electrons. The van der Waals surface area contributed by atoms with Gasteiger partial charge in [-0.25, -0.2) is 0 Å². The molecule has 0 aromatic heterocycles. The van der Waals surface area contributed by atoms with Crippen LogP contribution in [0, 0.1) is 0 Å². The molecule has 0 spiro atoms. The Labute approximate surface area is 67.4 Å². The fourth-order valence-corrected chi connectivity index (χ4v) is 0.582. The van der Waals surface area contributed by atoms with E-state index in [1.165, 1.54) is 0 Å². The summed E-state index contributed by atoms with van der Waals surface area (Å²) >= 11 is 0. The number of nitrogens with zero attached hydrogens (tertiary/aromatic N) is 1. The molecule has 0 unspecified atom stereocenters. The topological polar surface area (TPSA) is 38.7 Å². The summed E-state index contributed by atoms with van der Waals surface area (Å²) in [5.41, 5.74) is 0. The molecule has 0 rings (SSSR count). The Morgan fingerprint density at radius 1 is 1.55 bits per heavy atom. The molecule has 0 aliphatic carbocycles. The molecule has 0 aromatic rings. The lowest BCUT2D eigenvalue weighted by molar-refractivity contribution is -0.118. The maximum absolute atomic E-state index is 10.7. The molecule has 0 bridgehead atoms. The lowest BCUT2D eigenvalue weighted by Crippen LogP contribution is -1.94. The van der Waals surface area contributed by atoms with E-state index in [1.807, 2.05) is 13.8 Å². The van der Waals surface area contributed by atoms with Crippen molar-refractivity contribution in [1.29, 1.82) is 0 Å². The second-order valence-corrected chi connectivity index (χ2v) is 2.14. The van der Waals surface area contributed by atoms with Crippen LogP contribution in [-0.4, -0.2) is 18.6 Å². The Balaban J connectivity index is 3.19. The molecule has 11 heavy (non-hydrogen) atoms. The molecule has 0 aliphatic rings. The molecular formula is C8H15NO2. The van der Waals surface area contributed by atoms with Crippen molar-refractivity contribution in [1.82, 2.24) is 0 Å². The van der Waals surface area contributed by atoms with Crippen molar-refractivity contribution in [3.05, 3.63) is 0 Å². The molecule has 0 amide bonds. The minimum Gasteiger partial charge on any atom is -0.396 e. The second kappa shape index (κ2) is 7.25. The van der Waals surface area contributed by atoms with Gasteiger partial charge in [0.05, 0.1) is 0 Å². The third kappa shape index (κ3) is 7.03. The van der Waals surface area contributed by atoms with E-state index in [0.29, 0.717) is 25.9 Å². The number of carbonyl (C=O) groups excluding carboxylic acids is 1. The van der Waals surface area contributed by atoms with Gasteiger partial charge in [0.15, 0.2) is 0 Å². The number of rotatable bonds is 6. The highest BCUT2D eigenvalue weighted by molar-refractivity contribution is 5.80. The summed E-state index contributed by atoms with van der Waals surface area (Å²) in [5, 5.41) is 3.62. The smallest absolute Gasteiger partial charge is 0.133 e. The predicted molar refractivity (Wildman–Crippen MR) is 44.7 cm³/mol. The van der Waals surface area contributed by atoms with Crippen molar-refractivity contribution < 1.29 is 9.63 Å². The van der Waals surface area contributed by atoms with Gasteiger partial charge in [-0.3, -0.25) is 4.79 Å².